The fourth-order valence-electron chi connectivity index (χ4n) is 1.75. The number of carboxylic acid groups (broad SMARTS) is 1. The van der Waals surface area contributed by atoms with Crippen molar-refractivity contribution in [1.29, 1.82) is 0 Å². The topological polar surface area (TPSA) is 76.0 Å². The molecule has 1 aromatic rings. The molecule has 0 spiro atoms. The number of halogens is 1. The lowest BCUT2D eigenvalue weighted by Crippen LogP contribution is -2.16. The van der Waals surface area contributed by atoms with Crippen LogP contribution in [-0.4, -0.2) is 29.4 Å². The maximum atomic E-state index is 10.5. The molecule has 0 amide bonds. The third-order valence-electron chi connectivity index (χ3n) is 2.64. The summed E-state index contributed by atoms with van der Waals surface area (Å²) in [7, 11) is 0. The van der Waals surface area contributed by atoms with E-state index in [9.17, 15) is 9.90 Å². The van der Waals surface area contributed by atoms with Gasteiger partial charge in [0.25, 0.3) is 0 Å². The molecule has 0 fully saturated rings. The Bertz CT molecular complexity index is 460. The molecule has 1 unspecified atom stereocenters. The van der Waals surface area contributed by atoms with Crippen LogP contribution in [0.5, 0.6) is 11.5 Å². The molecule has 1 aliphatic rings. The van der Waals surface area contributed by atoms with Crippen molar-refractivity contribution in [3.63, 3.8) is 0 Å². The molecule has 6 heteroatoms. The number of aliphatic hydroxyl groups excluding tert-OH is 1. The molecule has 0 aliphatic carbocycles. The third-order valence-corrected chi connectivity index (χ3v) is 3.22. The second-order valence-electron chi connectivity index (χ2n) is 3.98. The van der Waals surface area contributed by atoms with E-state index < -0.39 is 12.1 Å². The molecule has 0 bridgehead atoms. The third kappa shape index (κ3) is 2.94. The van der Waals surface area contributed by atoms with Gasteiger partial charge >= 0.3 is 5.97 Å². The second kappa shape index (κ2) is 5.58. The minimum Gasteiger partial charge on any atom is -0.486 e. The monoisotopic (exact) mass is 316 g/mol. The Labute approximate surface area is 112 Å². The lowest BCUT2D eigenvalue weighted by atomic mass is 10.0. The zero-order valence-corrected chi connectivity index (χ0v) is 11.1. The Balaban J connectivity index is 2.18. The van der Waals surface area contributed by atoms with Gasteiger partial charge in [0.05, 0.1) is 10.6 Å². The van der Waals surface area contributed by atoms with E-state index in [1.165, 1.54) is 0 Å². The molecule has 98 valence electrons. The Morgan fingerprint density at radius 1 is 1.39 bits per heavy atom. The molecule has 1 heterocycles. The molecule has 0 saturated carbocycles. The molecule has 1 aliphatic heterocycles. The van der Waals surface area contributed by atoms with Crippen molar-refractivity contribution in [2.24, 2.45) is 0 Å². The van der Waals surface area contributed by atoms with E-state index in [-0.39, 0.29) is 12.8 Å². The first-order valence-electron chi connectivity index (χ1n) is 5.57. The van der Waals surface area contributed by atoms with E-state index in [2.05, 4.69) is 15.9 Å². The van der Waals surface area contributed by atoms with E-state index in [0.717, 1.165) is 0 Å². The average Bonchev–Trinajstić information content (AvgIpc) is 2.36. The summed E-state index contributed by atoms with van der Waals surface area (Å²) in [5.41, 5.74) is 0.618. The highest BCUT2D eigenvalue weighted by molar-refractivity contribution is 9.10. The van der Waals surface area contributed by atoms with Crippen LogP contribution in [0.4, 0.5) is 0 Å². The predicted molar refractivity (Wildman–Crippen MR) is 67.0 cm³/mol. The molecule has 2 rings (SSSR count). The number of ether oxygens (including phenoxy) is 2. The van der Waals surface area contributed by atoms with Crippen LogP contribution < -0.4 is 9.47 Å². The minimum absolute atomic E-state index is 0.0762. The SMILES string of the molecule is O=C(O)CCC(O)c1cc(Br)c2c(c1)OCCO2. The maximum absolute atomic E-state index is 10.5. The first kappa shape index (κ1) is 13.2. The molecular weight excluding hydrogens is 304 g/mol. The van der Waals surface area contributed by atoms with Gasteiger partial charge in [-0.1, -0.05) is 0 Å². The maximum Gasteiger partial charge on any atom is 0.303 e. The highest BCUT2D eigenvalue weighted by Gasteiger charge is 2.19. The van der Waals surface area contributed by atoms with Crippen molar-refractivity contribution in [2.45, 2.75) is 18.9 Å². The predicted octanol–water partition coefficient (Wildman–Crippen LogP) is 2.12. The smallest absolute Gasteiger partial charge is 0.303 e. The zero-order valence-electron chi connectivity index (χ0n) is 9.56. The molecule has 0 radical (unpaired) electrons. The lowest BCUT2D eigenvalue weighted by molar-refractivity contribution is -0.137. The van der Waals surface area contributed by atoms with Crippen LogP contribution in [0.2, 0.25) is 0 Å². The number of carboxylic acids is 1. The largest absolute Gasteiger partial charge is 0.486 e. The summed E-state index contributed by atoms with van der Waals surface area (Å²) >= 11 is 3.35. The molecule has 0 saturated heterocycles. The van der Waals surface area contributed by atoms with Crippen molar-refractivity contribution in [2.75, 3.05) is 13.2 Å². The van der Waals surface area contributed by atoms with Gasteiger partial charge in [-0.05, 0) is 40.0 Å². The van der Waals surface area contributed by atoms with Gasteiger partial charge in [0.15, 0.2) is 11.5 Å². The number of carbonyl (C=O) groups is 1. The van der Waals surface area contributed by atoms with Gasteiger partial charge in [0, 0.05) is 6.42 Å². The summed E-state index contributed by atoms with van der Waals surface area (Å²) in [5.74, 6) is 0.265. The fraction of sp³-hybridized carbons (Fsp3) is 0.417. The van der Waals surface area contributed by atoms with Crippen LogP contribution >= 0.6 is 15.9 Å². The Morgan fingerprint density at radius 3 is 2.83 bits per heavy atom. The summed E-state index contributed by atoms with van der Waals surface area (Å²) in [6.45, 7) is 0.959. The van der Waals surface area contributed by atoms with Gasteiger partial charge < -0.3 is 19.7 Å². The number of hydrogen-bond donors (Lipinski definition) is 2. The molecule has 5 nitrogen and oxygen atoms in total. The van der Waals surface area contributed by atoms with Crippen LogP contribution in [0.3, 0.4) is 0 Å². The molecule has 1 aromatic carbocycles. The summed E-state index contributed by atoms with van der Waals surface area (Å²) in [6.07, 6.45) is -0.734. The molecule has 18 heavy (non-hydrogen) atoms. The average molecular weight is 317 g/mol. The number of fused-ring (bicyclic) bond motifs is 1. The number of aliphatic carboxylic acids is 1. The van der Waals surface area contributed by atoms with Crippen LogP contribution in [0.1, 0.15) is 24.5 Å². The Kier molecular flexibility index (Phi) is 4.08. The van der Waals surface area contributed by atoms with Crippen molar-refractivity contribution in [3.8, 4) is 11.5 Å². The Morgan fingerprint density at radius 2 is 2.11 bits per heavy atom. The summed E-state index contributed by atoms with van der Waals surface area (Å²) < 4.78 is 11.6. The van der Waals surface area contributed by atoms with Crippen molar-refractivity contribution >= 4 is 21.9 Å². The van der Waals surface area contributed by atoms with Gasteiger partial charge in [-0.15, -0.1) is 0 Å². The van der Waals surface area contributed by atoms with Crippen molar-refractivity contribution in [3.05, 3.63) is 22.2 Å². The molecular formula is C12H13BrO5. The Hall–Kier alpha value is -1.27. The van der Waals surface area contributed by atoms with Crippen molar-refractivity contribution < 1.29 is 24.5 Å². The van der Waals surface area contributed by atoms with Gasteiger partial charge in [0.2, 0.25) is 0 Å². The van der Waals surface area contributed by atoms with Crippen LogP contribution in [0.25, 0.3) is 0 Å². The number of rotatable bonds is 4. The quantitative estimate of drug-likeness (QED) is 0.889. The highest BCUT2D eigenvalue weighted by atomic mass is 79.9. The van der Waals surface area contributed by atoms with Gasteiger partial charge in [-0.2, -0.15) is 0 Å². The summed E-state index contributed by atoms with van der Waals surface area (Å²) in [4.78, 5) is 10.5. The van der Waals surface area contributed by atoms with Crippen LogP contribution in [-0.2, 0) is 4.79 Å². The van der Waals surface area contributed by atoms with Gasteiger partial charge in [-0.3, -0.25) is 4.79 Å². The minimum atomic E-state index is -0.925. The first-order chi connectivity index (χ1) is 8.58. The van der Waals surface area contributed by atoms with E-state index >= 15 is 0 Å². The molecule has 2 N–H and O–H groups in total. The summed E-state index contributed by atoms with van der Waals surface area (Å²) in [5, 5.41) is 18.5. The number of benzene rings is 1. The fourth-order valence-corrected chi connectivity index (χ4v) is 2.32. The van der Waals surface area contributed by atoms with E-state index in [1.807, 2.05) is 0 Å². The second-order valence-corrected chi connectivity index (χ2v) is 4.83. The number of hydrogen-bond acceptors (Lipinski definition) is 4. The van der Waals surface area contributed by atoms with Gasteiger partial charge in [-0.25, -0.2) is 0 Å². The lowest BCUT2D eigenvalue weighted by Gasteiger charge is -2.21. The first-order valence-corrected chi connectivity index (χ1v) is 6.36. The van der Waals surface area contributed by atoms with Gasteiger partial charge in [0.1, 0.15) is 13.2 Å². The van der Waals surface area contributed by atoms with Crippen molar-refractivity contribution in [1.82, 2.24) is 0 Å². The normalized spacial score (nSPS) is 15.2. The zero-order chi connectivity index (χ0) is 13.1. The highest BCUT2D eigenvalue weighted by Crippen LogP contribution is 2.40. The molecule has 1 atom stereocenters. The van der Waals surface area contributed by atoms with E-state index in [1.54, 1.807) is 12.1 Å². The van der Waals surface area contributed by atoms with E-state index in [0.29, 0.717) is 34.7 Å². The van der Waals surface area contributed by atoms with Crippen LogP contribution in [0.15, 0.2) is 16.6 Å². The summed E-state index contributed by atoms with van der Waals surface area (Å²) in [6, 6.07) is 3.41. The number of aliphatic hydroxyl groups is 1. The van der Waals surface area contributed by atoms with E-state index in [4.69, 9.17) is 14.6 Å². The standard InChI is InChI=1S/C12H13BrO5/c13-8-5-7(9(14)1-2-11(15)16)6-10-12(8)18-4-3-17-10/h5-6,9,14H,1-4H2,(H,15,16). The molecule has 0 aromatic heterocycles. The van der Waals surface area contributed by atoms with Crippen LogP contribution in [0, 0.1) is 0 Å².